The Morgan fingerprint density at radius 1 is 1.58 bits per heavy atom. The van der Waals surface area contributed by atoms with Crippen LogP contribution in [0.5, 0.6) is 0 Å². The van der Waals surface area contributed by atoms with Crippen molar-refractivity contribution in [3.8, 4) is 0 Å². The van der Waals surface area contributed by atoms with E-state index in [-0.39, 0.29) is 11.7 Å². The van der Waals surface area contributed by atoms with Crippen molar-refractivity contribution in [1.29, 1.82) is 0 Å². The molecule has 1 saturated heterocycles. The van der Waals surface area contributed by atoms with E-state index in [1.807, 2.05) is 0 Å². The topological polar surface area (TPSA) is 62.9 Å². The van der Waals surface area contributed by atoms with E-state index in [9.17, 15) is 4.79 Å². The number of hydrogen-bond acceptors (Lipinski definition) is 4. The van der Waals surface area contributed by atoms with Crippen molar-refractivity contribution < 1.29 is 19.1 Å². The Kier molecular flexibility index (Phi) is 4.27. The molecule has 0 amide bonds. The van der Waals surface area contributed by atoms with Crippen molar-refractivity contribution in [2.75, 3.05) is 13.2 Å². The highest BCUT2D eigenvalue weighted by Crippen LogP contribution is 2.21. The highest BCUT2D eigenvalue weighted by molar-refractivity contribution is 5.88. The maximum atomic E-state index is 11.0. The Morgan fingerprint density at radius 2 is 2.32 bits per heavy atom. The van der Waals surface area contributed by atoms with Crippen LogP contribution in [-0.2, 0) is 11.3 Å². The molecular weight excluding hydrogens is 246 g/mol. The molecule has 0 saturated carbocycles. The van der Waals surface area contributed by atoms with Gasteiger partial charge in [0.05, 0.1) is 19.3 Å². The lowest BCUT2D eigenvalue weighted by Gasteiger charge is -2.37. The third-order valence-corrected chi connectivity index (χ3v) is 3.61. The first-order valence-electron chi connectivity index (χ1n) is 6.69. The van der Waals surface area contributed by atoms with Gasteiger partial charge in [-0.05, 0) is 26.3 Å². The number of aryl methyl sites for hydroxylation is 1. The lowest BCUT2D eigenvalue weighted by molar-refractivity contribution is -0.0611. The largest absolute Gasteiger partial charge is 0.478 e. The summed E-state index contributed by atoms with van der Waals surface area (Å²) in [6.45, 7) is 8.08. The Labute approximate surface area is 113 Å². The van der Waals surface area contributed by atoms with Crippen LogP contribution in [0, 0.1) is 6.92 Å². The quantitative estimate of drug-likeness (QED) is 0.906. The predicted octanol–water partition coefficient (Wildman–Crippen LogP) is 2.29. The Balaban J connectivity index is 2.10. The SMILES string of the molecule is CCC1COC(C)CN1Cc1cc(C(=O)O)c(C)o1. The van der Waals surface area contributed by atoms with Crippen LogP contribution < -0.4 is 0 Å². The van der Waals surface area contributed by atoms with Gasteiger partial charge in [0.2, 0.25) is 0 Å². The number of aromatic carboxylic acids is 1. The van der Waals surface area contributed by atoms with E-state index in [0.29, 0.717) is 24.1 Å². The minimum absolute atomic E-state index is 0.206. The van der Waals surface area contributed by atoms with Crippen LogP contribution in [0.4, 0.5) is 0 Å². The summed E-state index contributed by atoms with van der Waals surface area (Å²) < 4.78 is 11.2. The van der Waals surface area contributed by atoms with Crippen LogP contribution in [-0.4, -0.2) is 41.3 Å². The number of rotatable bonds is 4. The number of hydrogen-bond donors (Lipinski definition) is 1. The Bertz CT molecular complexity index is 454. The van der Waals surface area contributed by atoms with Crippen LogP contribution >= 0.6 is 0 Å². The van der Waals surface area contributed by atoms with Crippen LogP contribution in [0.3, 0.4) is 0 Å². The smallest absolute Gasteiger partial charge is 0.339 e. The highest BCUT2D eigenvalue weighted by Gasteiger charge is 2.27. The summed E-state index contributed by atoms with van der Waals surface area (Å²) in [5.74, 6) is 0.245. The number of nitrogens with zero attached hydrogens (tertiary/aromatic N) is 1. The summed E-state index contributed by atoms with van der Waals surface area (Å²) in [7, 11) is 0. The van der Waals surface area contributed by atoms with Gasteiger partial charge < -0.3 is 14.3 Å². The lowest BCUT2D eigenvalue weighted by Crippen LogP contribution is -2.47. The van der Waals surface area contributed by atoms with Gasteiger partial charge in [-0.3, -0.25) is 4.90 Å². The molecule has 0 radical (unpaired) electrons. The molecule has 0 bridgehead atoms. The van der Waals surface area contributed by atoms with Crippen molar-refractivity contribution in [2.24, 2.45) is 0 Å². The third-order valence-electron chi connectivity index (χ3n) is 3.61. The first-order valence-corrected chi connectivity index (χ1v) is 6.69. The standard InChI is InChI=1S/C14H21NO4/c1-4-11-8-18-9(2)6-15(11)7-12-5-13(14(16)17)10(3)19-12/h5,9,11H,4,6-8H2,1-3H3,(H,16,17). The predicted molar refractivity (Wildman–Crippen MR) is 70.3 cm³/mol. The molecule has 0 aromatic carbocycles. The van der Waals surface area contributed by atoms with Gasteiger partial charge in [0.1, 0.15) is 17.1 Å². The van der Waals surface area contributed by atoms with E-state index in [4.69, 9.17) is 14.3 Å². The molecule has 2 heterocycles. The van der Waals surface area contributed by atoms with Crippen molar-refractivity contribution in [2.45, 2.75) is 45.9 Å². The molecular formula is C14H21NO4. The zero-order chi connectivity index (χ0) is 14.0. The molecule has 5 heteroatoms. The molecule has 1 aromatic rings. The number of carbonyl (C=O) groups is 1. The molecule has 0 spiro atoms. The van der Waals surface area contributed by atoms with Crippen LogP contribution in [0.1, 0.15) is 42.1 Å². The van der Waals surface area contributed by atoms with Crippen molar-refractivity contribution in [3.05, 3.63) is 23.2 Å². The number of morpholine rings is 1. The van der Waals surface area contributed by atoms with Gasteiger partial charge >= 0.3 is 5.97 Å². The second-order valence-corrected chi connectivity index (χ2v) is 5.12. The maximum absolute atomic E-state index is 11.0. The van der Waals surface area contributed by atoms with E-state index in [2.05, 4.69) is 18.7 Å². The molecule has 2 rings (SSSR count). The summed E-state index contributed by atoms with van der Waals surface area (Å²) >= 11 is 0. The minimum Gasteiger partial charge on any atom is -0.478 e. The fraction of sp³-hybridized carbons (Fsp3) is 0.643. The number of ether oxygens (including phenoxy) is 1. The van der Waals surface area contributed by atoms with Crippen LogP contribution in [0.2, 0.25) is 0 Å². The molecule has 19 heavy (non-hydrogen) atoms. The van der Waals surface area contributed by atoms with Gasteiger partial charge in [-0.1, -0.05) is 6.92 Å². The molecule has 2 unspecified atom stereocenters. The zero-order valence-electron chi connectivity index (χ0n) is 11.7. The first-order chi connectivity index (χ1) is 9.01. The molecule has 1 aliphatic rings. The van der Waals surface area contributed by atoms with Gasteiger partial charge in [0.15, 0.2) is 0 Å². The summed E-state index contributed by atoms with van der Waals surface area (Å²) in [6.07, 6.45) is 1.22. The van der Waals surface area contributed by atoms with Gasteiger partial charge in [-0.15, -0.1) is 0 Å². The van der Waals surface area contributed by atoms with E-state index < -0.39 is 5.97 Å². The Hall–Kier alpha value is -1.33. The van der Waals surface area contributed by atoms with Crippen LogP contribution in [0.15, 0.2) is 10.5 Å². The number of carboxylic acid groups (broad SMARTS) is 1. The average molecular weight is 267 g/mol. The highest BCUT2D eigenvalue weighted by atomic mass is 16.5. The number of carboxylic acids is 1. The summed E-state index contributed by atoms with van der Waals surface area (Å²) in [5, 5.41) is 9.03. The van der Waals surface area contributed by atoms with Crippen LogP contribution in [0.25, 0.3) is 0 Å². The molecule has 0 aliphatic carbocycles. The monoisotopic (exact) mass is 267 g/mol. The molecule has 1 N–H and O–H groups in total. The molecule has 1 aromatic heterocycles. The van der Waals surface area contributed by atoms with Gasteiger partial charge in [-0.2, -0.15) is 0 Å². The van der Waals surface area contributed by atoms with Crippen molar-refractivity contribution >= 4 is 5.97 Å². The van der Waals surface area contributed by atoms with E-state index in [1.165, 1.54) is 0 Å². The van der Waals surface area contributed by atoms with Crippen molar-refractivity contribution in [1.82, 2.24) is 4.90 Å². The number of furan rings is 1. The fourth-order valence-corrected chi connectivity index (χ4v) is 2.52. The normalized spacial score (nSPS) is 24.6. The summed E-state index contributed by atoms with van der Waals surface area (Å²) in [4.78, 5) is 13.3. The zero-order valence-corrected chi connectivity index (χ0v) is 11.7. The molecule has 106 valence electrons. The fourth-order valence-electron chi connectivity index (χ4n) is 2.52. The van der Waals surface area contributed by atoms with E-state index in [0.717, 1.165) is 19.6 Å². The van der Waals surface area contributed by atoms with E-state index in [1.54, 1.807) is 13.0 Å². The lowest BCUT2D eigenvalue weighted by atomic mass is 10.1. The second kappa shape index (κ2) is 5.75. The summed E-state index contributed by atoms with van der Waals surface area (Å²) in [6, 6.07) is 2.00. The third kappa shape index (κ3) is 3.16. The van der Waals surface area contributed by atoms with Crippen molar-refractivity contribution in [3.63, 3.8) is 0 Å². The van der Waals surface area contributed by atoms with Gasteiger partial charge in [0.25, 0.3) is 0 Å². The maximum Gasteiger partial charge on any atom is 0.339 e. The first kappa shape index (κ1) is 14.1. The second-order valence-electron chi connectivity index (χ2n) is 5.12. The van der Waals surface area contributed by atoms with E-state index >= 15 is 0 Å². The van der Waals surface area contributed by atoms with Gasteiger partial charge in [0, 0.05) is 12.6 Å². The minimum atomic E-state index is -0.935. The molecule has 2 atom stereocenters. The van der Waals surface area contributed by atoms with Gasteiger partial charge in [-0.25, -0.2) is 4.79 Å². The molecule has 5 nitrogen and oxygen atoms in total. The Morgan fingerprint density at radius 3 is 2.89 bits per heavy atom. The average Bonchev–Trinajstić information content (AvgIpc) is 2.71. The molecule has 1 fully saturated rings. The molecule has 1 aliphatic heterocycles. The summed E-state index contributed by atoms with van der Waals surface area (Å²) in [5.41, 5.74) is 0.254.